The van der Waals surface area contributed by atoms with Gasteiger partial charge in [-0.15, -0.1) is 0 Å². The Kier molecular flexibility index (Phi) is 5.87. The van der Waals surface area contributed by atoms with Crippen molar-refractivity contribution in [2.24, 2.45) is 5.92 Å². The number of nitrogens with zero attached hydrogens (tertiary/aromatic N) is 2. The fourth-order valence-electron chi connectivity index (χ4n) is 6.67. The number of amides is 2. The van der Waals surface area contributed by atoms with Crippen LogP contribution < -0.4 is 4.48 Å². The quantitative estimate of drug-likeness (QED) is 0.548. The predicted octanol–water partition coefficient (Wildman–Crippen LogP) is 4.92. The second-order valence-electron chi connectivity index (χ2n) is 10.1. The van der Waals surface area contributed by atoms with Crippen molar-refractivity contribution in [3.63, 3.8) is 0 Å². The number of hydrogen-bond acceptors (Lipinski definition) is 3. The van der Waals surface area contributed by atoms with E-state index in [9.17, 15) is 29.0 Å². The topological polar surface area (TPSA) is 94.9 Å². The minimum Gasteiger partial charge on any atom is -0.481 e. The first-order chi connectivity index (χ1) is 16.8. The normalized spacial score (nSPS) is 27.1. The molecule has 0 aromatic heterocycles. The Morgan fingerprint density at radius 1 is 1.03 bits per heavy atom. The number of carboxylic acids is 1. The number of benzene rings is 2. The molecule has 0 bridgehead atoms. The molecule has 3 aliphatic rings. The molecule has 0 radical (unpaired) electrons. The van der Waals surface area contributed by atoms with Crippen molar-refractivity contribution >= 4 is 23.7 Å². The van der Waals surface area contributed by atoms with E-state index in [1.54, 1.807) is 11.0 Å². The molecule has 1 heterocycles. The van der Waals surface area contributed by atoms with Crippen molar-refractivity contribution in [1.29, 1.82) is 0 Å². The summed E-state index contributed by atoms with van der Waals surface area (Å²) in [5.74, 6) is -2.02. The summed E-state index contributed by atoms with van der Waals surface area (Å²) >= 11 is 0. The molecule has 2 fully saturated rings. The van der Waals surface area contributed by atoms with Crippen molar-refractivity contribution in [2.45, 2.75) is 69.6 Å². The second kappa shape index (κ2) is 8.75. The zero-order chi connectivity index (χ0) is 24.8. The summed E-state index contributed by atoms with van der Waals surface area (Å²) in [6.07, 6.45) is 2.45. The molecule has 2 saturated carbocycles. The molecule has 2 amide bonds. The second-order valence-corrected chi connectivity index (χ2v) is 10.1. The van der Waals surface area contributed by atoms with Crippen LogP contribution in [-0.4, -0.2) is 44.8 Å². The number of carboxylic acid groups (broad SMARTS) is 2. The molecule has 7 nitrogen and oxygen atoms in total. The van der Waals surface area contributed by atoms with Crippen molar-refractivity contribution < 1.29 is 29.0 Å². The third kappa shape index (κ3) is 3.71. The van der Waals surface area contributed by atoms with Crippen LogP contribution in [0.25, 0.3) is 0 Å². The molecule has 0 saturated heterocycles. The molecule has 2 N–H and O–H groups in total. The van der Waals surface area contributed by atoms with Gasteiger partial charge >= 0.3 is 12.1 Å². The molecule has 35 heavy (non-hydrogen) atoms. The number of carbonyl (C=O) groups excluding carboxylic acids is 1. The monoisotopic (exact) mass is 481 g/mol. The fraction of sp³-hybridized carbons (Fsp3) is 0.444. The molecule has 0 spiro atoms. The highest BCUT2D eigenvalue weighted by molar-refractivity contribution is 5.88. The maximum atomic E-state index is 14.7. The van der Waals surface area contributed by atoms with Crippen molar-refractivity contribution in [2.75, 3.05) is 0 Å². The molecule has 3 atom stereocenters. The largest absolute Gasteiger partial charge is 0.521 e. The lowest BCUT2D eigenvalue weighted by Gasteiger charge is -2.57. The van der Waals surface area contributed by atoms with Crippen LogP contribution in [0.2, 0.25) is 0 Å². The van der Waals surface area contributed by atoms with E-state index < -0.39 is 28.0 Å². The van der Waals surface area contributed by atoms with E-state index in [2.05, 4.69) is 0 Å². The molecule has 8 heteroatoms. The molecule has 5 rings (SSSR count). The van der Waals surface area contributed by atoms with Crippen LogP contribution >= 0.6 is 0 Å². The fourth-order valence-corrected chi connectivity index (χ4v) is 6.67. The zero-order valence-corrected chi connectivity index (χ0v) is 19.5. The number of fused-ring (bicyclic) bond motifs is 2. The van der Waals surface area contributed by atoms with Gasteiger partial charge in [0, 0.05) is 42.0 Å². The van der Waals surface area contributed by atoms with Crippen LogP contribution in [0.1, 0.15) is 56.1 Å². The van der Waals surface area contributed by atoms with E-state index in [1.165, 1.54) is 12.1 Å². The van der Waals surface area contributed by atoms with E-state index >= 15 is 0 Å². The zero-order valence-electron chi connectivity index (χ0n) is 19.5. The third-order valence-corrected chi connectivity index (χ3v) is 8.08. The first kappa shape index (κ1) is 23.5. The first-order valence-electron chi connectivity index (χ1n) is 12.3. The molecule has 2 aromatic rings. The summed E-state index contributed by atoms with van der Waals surface area (Å²) < 4.78 is 14.1. The Balaban J connectivity index is 1.76. The SMILES string of the molecule is O=C(O)CCC(=O)N(C1CC1)[C@@]12CCC[C@@H]1Cc1ccc(F)cc1[N@@+]2(Cc1ccccc1)C(=O)O. The van der Waals surface area contributed by atoms with Crippen LogP contribution in [0.4, 0.5) is 14.9 Å². The Labute approximate surface area is 203 Å². The van der Waals surface area contributed by atoms with Gasteiger partial charge in [-0.05, 0) is 38.2 Å². The summed E-state index contributed by atoms with van der Waals surface area (Å²) in [4.78, 5) is 40.3. The van der Waals surface area contributed by atoms with Crippen molar-refractivity contribution in [1.82, 2.24) is 9.38 Å². The Morgan fingerprint density at radius 2 is 1.77 bits per heavy atom. The maximum absolute atomic E-state index is 14.7. The Hall–Kier alpha value is -3.26. The highest BCUT2D eigenvalue weighted by Crippen LogP contribution is 2.58. The lowest BCUT2D eigenvalue weighted by Crippen LogP contribution is -2.79. The molecule has 2 aromatic carbocycles. The number of rotatable bonds is 7. The molecular formula is C27H30FN2O5+. The molecule has 184 valence electrons. The van der Waals surface area contributed by atoms with Gasteiger partial charge in [-0.3, -0.25) is 14.5 Å². The van der Waals surface area contributed by atoms with Crippen LogP contribution in [0, 0.1) is 11.7 Å². The van der Waals surface area contributed by atoms with Gasteiger partial charge in [-0.25, -0.2) is 4.39 Å². The van der Waals surface area contributed by atoms with Gasteiger partial charge in [0.15, 0.2) is 11.4 Å². The van der Waals surface area contributed by atoms with Crippen molar-refractivity contribution in [3.05, 3.63) is 65.5 Å². The van der Waals surface area contributed by atoms with E-state index in [0.717, 1.165) is 36.8 Å². The van der Waals surface area contributed by atoms with Gasteiger partial charge in [-0.2, -0.15) is 9.28 Å². The Morgan fingerprint density at radius 3 is 2.43 bits per heavy atom. The van der Waals surface area contributed by atoms with Crippen LogP contribution in [0.15, 0.2) is 48.5 Å². The summed E-state index contributed by atoms with van der Waals surface area (Å²) in [5, 5.41) is 20.3. The number of quaternary nitrogens is 1. The summed E-state index contributed by atoms with van der Waals surface area (Å²) in [7, 11) is 0. The number of carbonyl (C=O) groups is 3. The minimum atomic E-state index is -1.12. The van der Waals surface area contributed by atoms with Gasteiger partial charge in [0.2, 0.25) is 5.91 Å². The number of halogens is 1. The van der Waals surface area contributed by atoms with Gasteiger partial charge in [0.25, 0.3) is 0 Å². The molecule has 0 unspecified atom stereocenters. The number of aliphatic carboxylic acids is 1. The third-order valence-electron chi connectivity index (χ3n) is 8.08. The van der Waals surface area contributed by atoms with Gasteiger partial charge in [0.05, 0.1) is 6.42 Å². The predicted molar refractivity (Wildman–Crippen MR) is 127 cm³/mol. The minimum absolute atomic E-state index is 0.0680. The average Bonchev–Trinajstić information content (AvgIpc) is 3.57. The average molecular weight is 482 g/mol. The van der Waals surface area contributed by atoms with Crippen LogP contribution in [-0.2, 0) is 22.6 Å². The van der Waals surface area contributed by atoms with Gasteiger partial charge < -0.3 is 10.2 Å². The van der Waals surface area contributed by atoms with Crippen LogP contribution in [0.3, 0.4) is 0 Å². The lowest BCUT2D eigenvalue weighted by molar-refractivity contribution is -0.155. The highest BCUT2D eigenvalue weighted by Gasteiger charge is 2.71. The summed E-state index contributed by atoms with van der Waals surface area (Å²) in [5.41, 5.74) is 0.849. The number of hydrogen-bond donors (Lipinski definition) is 2. The highest BCUT2D eigenvalue weighted by atomic mass is 19.1. The summed E-state index contributed by atoms with van der Waals surface area (Å²) in [6, 6.07) is 13.5. The Bertz CT molecular complexity index is 1170. The molecular weight excluding hydrogens is 451 g/mol. The van der Waals surface area contributed by atoms with Gasteiger partial charge in [-0.1, -0.05) is 36.4 Å². The van der Waals surface area contributed by atoms with E-state index in [0.29, 0.717) is 18.5 Å². The summed E-state index contributed by atoms with van der Waals surface area (Å²) in [6.45, 7) is 0.0680. The maximum Gasteiger partial charge on any atom is 0.521 e. The standard InChI is InChI=1S/C27H29FN2O5/c28-21-9-8-19-15-20-7-4-14-27(20,29(22-10-11-22)24(31)12-13-25(32)33)30(26(34)35,23(19)16-21)17-18-5-2-1-3-6-18/h1-3,5-6,8-9,16,20,22H,4,7,10-15,17H2,(H-,32,33,34,35)/p+1/t20-,27-,30+/m1/s1. The lowest BCUT2D eigenvalue weighted by atomic mass is 9.78. The molecule has 1 aliphatic heterocycles. The first-order valence-corrected chi connectivity index (χ1v) is 12.3. The van der Waals surface area contributed by atoms with Crippen LogP contribution in [0.5, 0.6) is 0 Å². The molecule has 2 aliphatic carbocycles. The van der Waals surface area contributed by atoms with E-state index in [-0.39, 0.29) is 37.3 Å². The van der Waals surface area contributed by atoms with E-state index in [4.69, 9.17) is 0 Å². The van der Waals surface area contributed by atoms with Gasteiger partial charge in [0.1, 0.15) is 12.4 Å². The van der Waals surface area contributed by atoms with E-state index in [1.807, 2.05) is 30.3 Å². The van der Waals surface area contributed by atoms with Crippen molar-refractivity contribution in [3.8, 4) is 0 Å². The smallest absolute Gasteiger partial charge is 0.481 e.